The molecule has 0 radical (unpaired) electrons. The van der Waals surface area contributed by atoms with E-state index < -0.39 is 24.1 Å². The second-order valence-electron chi connectivity index (χ2n) is 5.42. The van der Waals surface area contributed by atoms with Gasteiger partial charge in [-0.3, -0.25) is 4.79 Å². The van der Waals surface area contributed by atoms with Gasteiger partial charge in [0.2, 0.25) is 0 Å². The van der Waals surface area contributed by atoms with Gasteiger partial charge in [0.1, 0.15) is 12.1 Å². The van der Waals surface area contributed by atoms with Crippen LogP contribution in [0.1, 0.15) is 31.4 Å². The predicted molar refractivity (Wildman–Crippen MR) is 86.1 cm³/mol. The molecule has 1 aromatic carbocycles. The maximum Gasteiger partial charge on any atom is 0.408 e. The Bertz CT molecular complexity index is 590. The maximum absolute atomic E-state index is 13.0. The van der Waals surface area contributed by atoms with Gasteiger partial charge in [-0.25, -0.2) is 9.59 Å². The van der Waals surface area contributed by atoms with E-state index in [0.29, 0.717) is 24.9 Å². The van der Waals surface area contributed by atoms with Crippen molar-refractivity contribution in [3.63, 3.8) is 0 Å². The zero-order valence-electron chi connectivity index (χ0n) is 13.9. The van der Waals surface area contributed by atoms with Crippen molar-refractivity contribution >= 4 is 18.0 Å². The summed E-state index contributed by atoms with van der Waals surface area (Å²) in [5.74, 6) is -0.786. The second kappa shape index (κ2) is 8.33. The lowest BCUT2D eigenvalue weighted by molar-refractivity contribution is -0.151. The number of carbonyl (C=O) groups excluding carboxylic acids is 3. The van der Waals surface area contributed by atoms with Crippen LogP contribution in [-0.2, 0) is 19.1 Å². The fraction of sp³-hybridized carbons (Fsp3) is 0.471. The van der Waals surface area contributed by atoms with Crippen LogP contribution >= 0.6 is 0 Å². The van der Waals surface area contributed by atoms with Crippen molar-refractivity contribution in [3.05, 3.63) is 35.9 Å². The van der Waals surface area contributed by atoms with Gasteiger partial charge in [-0.2, -0.15) is 0 Å². The van der Waals surface area contributed by atoms with Crippen LogP contribution in [0.25, 0.3) is 0 Å². The van der Waals surface area contributed by atoms with Crippen molar-refractivity contribution in [2.24, 2.45) is 0 Å². The van der Waals surface area contributed by atoms with E-state index in [4.69, 9.17) is 9.47 Å². The maximum atomic E-state index is 13.0. The molecule has 2 amide bonds. The van der Waals surface area contributed by atoms with Gasteiger partial charge < -0.3 is 19.7 Å². The van der Waals surface area contributed by atoms with Gasteiger partial charge in [-0.15, -0.1) is 0 Å². The van der Waals surface area contributed by atoms with E-state index >= 15 is 0 Å². The summed E-state index contributed by atoms with van der Waals surface area (Å²) < 4.78 is 9.66. The number of hydrogen-bond acceptors (Lipinski definition) is 5. The molecule has 1 fully saturated rings. The van der Waals surface area contributed by atoms with E-state index in [2.05, 4.69) is 5.32 Å². The number of nitrogens with one attached hydrogen (secondary N) is 1. The Balaban J connectivity index is 2.24. The van der Waals surface area contributed by atoms with Crippen LogP contribution in [0.2, 0.25) is 0 Å². The minimum atomic E-state index is -0.907. The Hall–Kier alpha value is -2.57. The molecule has 1 aliphatic rings. The van der Waals surface area contributed by atoms with Gasteiger partial charge in [0.05, 0.1) is 13.7 Å². The summed E-state index contributed by atoms with van der Waals surface area (Å²) in [6.45, 7) is 2.34. The molecule has 0 aromatic heterocycles. The molecule has 7 heteroatoms. The molecular weight excluding hydrogens is 312 g/mol. The molecule has 0 bridgehead atoms. The first-order chi connectivity index (χ1) is 11.6. The molecule has 0 spiro atoms. The number of rotatable bonds is 5. The first kappa shape index (κ1) is 17.8. The van der Waals surface area contributed by atoms with Crippen LogP contribution in [0.3, 0.4) is 0 Å². The van der Waals surface area contributed by atoms with E-state index in [-0.39, 0.29) is 12.5 Å². The third-order valence-corrected chi connectivity index (χ3v) is 3.93. The fourth-order valence-electron chi connectivity index (χ4n) is 2.80. The number of likely N-dealkylation sites (tertiary alicyclic amines) is 1. The Morgan fingerprint density at radius 2 is 2.00 bits per heavy atom. The highest BCUT2D eigenvalue weighted by molar-refractivity contribution is 5.91. The standard InChI is InChI=1S/C17H22N2O5/c1-3-24-17(22)18-14(12-8-5-4-6-9-12)15(20)19-11-7-10-13(19)16(21)23-2/h4-6,8-9,13-14H,3,7,10-11H2,1-2H3,(H,18,22)/t13?,14-/m1/s1. The van der Waals surface area contributed by atoms with Crippen molar-refractivity contribution in [2.75, 3.05) is 20.3 Å². The molecular formula is C17H22N2O5. The molecule has 1 heterocycles. The number of esters is 1. The van der Waals surface area contributed by atoms with Crippen LogP contribution in [0.5, 0.6) is 0 Å². The van der Waals surface area contributed by atoms with E-state index in [1.54, 1.807) is 31.2 Å². The van der Waals surface area contributed by atoms with Crippen molar-refractivity contribution in [1.29, 1.82) is 0 Å². The molecule has 1 N–H and O–H groups in total. The molecule has 1 saturated heterocycles. The number of alkyl carbamates (subject to hydrolysis) is 1. The van der Waals surface area contributed by atoms with E-state index in [9.17, 15) is 14.4 Å². The van der Waals surface area contributed by atoms with Gasteiger partial charge in [0, 0.05) is 6.54 Å². The Morgan fingerprint density at radius 3 is 2.62 bits per heavy atom. The predicted octanol–water partition coefficient (Wildman–Crippen LogP) is 1.64. The van der Waals surface area contributed by atoms with E-state index in [0.717, 1.165) is 0 Å². The van der Waals surface area contributed by atoms with Crippen molar-refractivity contribution < 1.29 is 23.9 Å². The molecule has 24 heavy (non-hydrogen) atoms. The zero-order valence-corrected chi connectivity index (χ0v) is 13.9. The number of methoxy groups -OCH3 is 1. The van der Waals surface area contributed by atoms with Crippen LogP contribution in [0.4, 0.5) is 4.79 Å². The lowest BCUT2D eigenvalue weighted by atomic mass is 10.1. The van der Waals surface area contributed by atoms with Crippen molar-refractivity contribution in [3.8, 4) is 0 Å². The van der Waals surface area contributed by atoms with Gasteiger partial charge in [0.15, 0.2) is 0 Å². The van der Waals surface area contributed by atoms with Crippen LogP contribution in [0, 0.1) is 0 Å². The summed E-state index contributed by atoms with van der Waals surface area (Å²) in [6, 6.07) is 7.36. The van der Waals surface area contributed by atoms with Crippen LogP contribution in [0.15, 0.2) is 30.3 Å². The van der Waals surface area contributed by atoms with Gasteiger partial charge in [-0.1, -0.05) is 30.3 Å². The van der Waals surface area contributed by atoms with Gasteiger partial charge >= 0.3 is 12.1 Å². The van der Waals surface area contributed by atoms with Crippen LogP contribution < -0.4 is 5.32 Å². The normalized spacial score (nSPS) is 17.9. The molecule has 2 rings (SSSR count). The quantitative estimate of drug-likeness (QED) is 0.828. The summed E-state index contributed by atoms with van der Waals surface area (Å²) in [5, 5.41) is 2.58. The summed E-state index contributed by atoms with van der Waals surface area (Å²) >= 11 is 0. The zero-order chi connectivity index (χ0) is 17.5. The molecule has 1 aromatic rings. The summed E-state index contributed by atoms with van der Waals surface area (Å²) in [5.41, 5.74) is 0.631. The summed E-state index contributed by atoms with van der Waals surface area (Å²) in [7, 11) is 1.30. The van der Waals surface area contributed by atoms with Gasteiger partial charge in [-0.05, 0) is 25.3 Å². The molecule has 7 nitrogen and oxygen atoms in total. The minimum Gasteiger partial charge on any atom is -0.467 e. The van der Waals surface area contributed by atoms with Gasteiger partial charge in [0.25, 0.3) is 5.91 Å². The fourth-order valence-corrected chi connectivity index (χ4v) is 2.80. The first-order valence-electron chi connectivity index (χ1n) is 7.95. The molecule has 2 atom stereocenters. The lowest BCUT2D eigenvalue weighted by Crippen LogP contribution is -2.47. The SMILES string of the molecule is CCOC(=O)N[C@@H](C(=O)N1CCCC1C(=O)OC)c1ccccc1. The Labute approximate surface area is 140 Å². The number of hydrogen-bond donors (Lipinski definition) is 1. The number of amides is 2. The number of benzene rings is 1. The highest BCUT2D eigenvalue weighted by Crippen LogP contribution is 2.24. The topological polar surface area (TPSA) is 84.9 Å². The molecule has 1 unspecified atom stereocenters. The minimum absolute atomic E-state index is 0.204. The molecule has 0 aliphatic carbocycles. The Morgan fingerprint density at radius 1 is 1.29 bits per heavy atom. The third kappa shape index (κ3) is 4.04. The average molecular weight is 334 g/mol. The smallest absolute Gasteiger partial charge is 0.408 e. The highest BCUT2D eigenvalue weighted by atomic mass is 16.5. The van der Waals surface area contributed by atoms with Crippen molar-refractivity contribution in [1.82, 2.24) is 10.2 Å². The Kier molecular flexibility index (Phi) is 6.17. The third-order valence-electron chi connectivity index (χ3n) is 3.93. The van der Waals surface area contributed by atoms with E-state index in [1.807, 2.05) is 6.07 Å². The molecule has 0 saturated carbocycles. The number of ether oxygens (including phenoxy) is 2. The number of nitrogens with zero attached hydrogens (tertiary/aromatic N) is 1. The molecule has 1 aliphatic heterocycles. The largest absolute Gasteiger partial charge is 0.467 e. The summed E-state index contributed by atoms with van der Waals surface area (Å²) in [4.78, 5) is 38.1. The summed E-state index contributed by atoms with van der Waals surface area (Å²) in [6.07, 6.45) is 0.597. The molecule has 130 valence electrons. The van der Waals surface area contributed by atoms with Crippen LogP contribution in [-0.4, -0.2) is 49.2 Å². The monoisotopic (exact) mass is 334 g/mol. The van der Waals surface area contributed by atoms with E-state index in [1.165, 1.54) is 12.0 Å². The lowest BCUT2D eigenvalue weighted by Gasteiger charge is -2.28. The van der Waals surface area contributed by atoms with Crippen molar-refractivity contribution in [2.45, 2.75) is 31.8 Å². The number of carbonyl (C=O) groups is 3. The second-order valence-corrected chi connectivity index (χ2v) is 5.42. The highest BCUT2D eigenvalue weighted by Gasteiger charge is 2.38. The first-order valence-corrected chi connectivity index (χ1v) is 7.95. The average Bonchev–Trinajstić information content (AvgIpc) is 3.09.